The van der Waals surface area contributed by atoms with Crippen molar-refractivity contribution in [3.63, 3.8) is 0 Å². The summed E-state index contributed by atoms with van der Waals surface area (Å²) in [6, 6.07) is 5.70. The summed E-state index contributed by atoms with van der Waals surface area (Å²) in [6.07, 6.45) is 4.14. The number of likely N-dealkylation sites (tertiary alicyclic amines) is 1. The average molecular weight is 808 g/mol. The van der Waals surface area contributed by atoms with Crippen LogP contribution in [0.4, 0.5) is 15.3 Å². The zero-order chi connectivity index (χ0) is 29.6. The maximum atomic E-state index is 12.0. The average Bonchev–Trinajstić information content (AvgIpc) is 3.44. The molecule has 0 spiro atoms. The number of nitrogens with one attached hydrogen (secondary N) is 5. The van der Waals surface area contributed by atoms with Crippen LogP contribution in [0.3, 0.4) is 0 Å². The molecule has 13 nitrogen and oxygen atoms in total. The molecule has 1 aromatic carbocycles. The van der Waals surface area contributed by atoms with Crippen molar-refractivity contribution >= 4 is 36.0 Å². The van der Waals surface area contributed by atoms with Gasteiger partial charge in [-0.15, -0.1) is 0 Å². The first-order valence-corrected chi connectivity index (χ1v) is 12.9. The molecule has 0 bridgehead atoms. The van der Waals surface area contributed by atoms with Gasteiger partial charge in [0.25, 0.3) is 0 Å². The number of anilines is 1. The normalized spacial score (nSPS) is 12.2. The van der Waals surface area contributed by atoms with E-state index in [1.165, 1.54) is 6.41 Å². The van der Waals surface area contributed by atoms with Gasteiger partial charge < -0.3 is 46.7 Å². The third-order valence-electron chi connectivity index (χ3n) is 5.10. The van der Waals surface area contributed by atoms with Crippen LogP contribution in [-0.4, -0.2) is 81.6 Å². The number of carbonyl (C=O) groups excluding carboxylic acids is 5. The molecule has 7 N–H and O–H groups in total. The van der Waals surface area contributed by atoms with E-state index in [2.05, 4.69) is 26.6 Å². The van der Waals surface area contributed by atoms with Crippen LogP contribution in [0.25, 0.3) is 0 Å². The largest absolute Gasteiger partial charge is 0.520 e. The summed E-state index contributed by atoms with van der Waals surface area (Å²) in [7, 11) is 3.75. The standard InChI is InChI=1S/C20H27N4O5.C4H10N2O.C2H7N.Fm/c1-14(2)18(22-13-25)19(27)21-11-17(26)23-16-7-5-15(6-8-16)12-29-20(28)24-9-3-4-10-24;1-2-3-6-4(5)7;1-3-2;/h5-8,14,18H,3-4,9-12H2,1-2H3,(H,21,27)(H,22,25)(H,23,26);2-3H2,1H3,(H3,5,6,7);3H,1-2H3;/q-1;;;. The number of hydrogen-bond acceptors (Lipinski definition) is 7. The van der Waals surface area contributed by atoms with Crippen molar-refractivity contribution < 1.29 is 28.7 Å². The monoisotopic (exact) mass is 807 g/mol. The van der Waals surface area contributed by atoms with E-state index in [9.17, 15) is 24.0 Å². The summed E-state index contributed by atoms with van der Waals surface area (Å²) < 4.78 is 5.28. The number of carbonyl (C=O) groups is 4. The summed E-state index contributed by atoms with van der Waals surface area (Å²) in [4.78, 5) is 57.9. The van der Waals surface area contributed by atoms with Crippen LogP contribution in [0.15, 0.2) is 24.3 Å². The second kappa shape index (κ2) is 22.1. The Morgan fingerprint density at radius 2 is 1.62 bits per heavy atom. The number of nitrogens with two attached hydrogens (primary N) is 1. The Morgan fingerprint density at radius 1 is 1.05 bits per heavy atom. The Hall–Kier alpha value is -4.87. The van der Waals surface area contributed by atoms with Crippen molar-refractivity contribution in [2.75, 3.05) is 45.6 Å². The van der Waals surface area contributed by atoms with E-state index in [1.54, 1.807) is 43.0 Å². The van der Waals surface area contributed by atoms with E-state index in [0.29, 0.717) is 12.2 Å². The van der Waals surface area contributed by atoms with Gasteiger partial charge in [0.05, 0.1) is 12.6 Å². The Bertz CT molecular complexity index is 881. The van der Waals surface area contributed by atoms with Gasteiger partial charge in [0, 0.05) is 25.3 Å². The second-order valence-electron chi connectivity index (χ2n) is 8.97. The van der Waals surface area contributed by atoms with E-state index in [-0.39, 0.29) is 25.2 Å². The number of benzene rings is 1. The Labute approximate surface area is 231 Å². The predicted octanol–water partition coefficient (Wildman–Crippen LogP) is 1.06. The molecule has 1 unspecified atom stereocenters. The molecule has 0 saturated carbocycles. The van der Waals surface area contributed by atoms with Crippen molar-refractivity contribution in [2.24, 2.45) is 11.7 Å². The van der Waals surface area contributed by atoms with Gasteiger partial charge in [-0.2, -0.15) is 6.41 Å². The summed E-state index contributed by atoms with van der Waals surface area (Å²) in [5.41, 5.74) is 6.09. The number of ether oxygens (including phenoxy) is 1. The molecule has 1 atom stereocenters. The smallest absolute Gasteiger partial charge is 0.410 e. The van der Waals surface area contributed by atoms with Crippen molar-refractivity contribution in [3.8, 4) is 0 Å². The van der Waals surface area contributed by atoms with Crippen LogP contribution in [-0.2, 0) is 25.7 Å². The molecular weight excluding hydrogens is 763 g/mol. The van der Waals surface area contributed by atoms with Crippen molar-refractivity contribution in [1.82, 2.24) is 26.2 Å². The quantitative estimate of drug-likeness (QED) is 0.143. The van der Waals surface area contributed by atoms with Crippen LogP contribution in [0.2, 0.25) is 0 Å². The van der Waals surface area contributed by atoms with Crippen LogP contribution in [0.5, 0.6) is 0 Å². The number of urea groups is 1. The molecule has 2 rings (SSSR count). The summed E-state index contributed by atoms with van der Waals surface area (Å²) in [5, 5.41) is 12.6. The maximum Gasteiger partial charge on any atom is 0.410 e. The van der Waals surface area contributed by atoms with Crippen LogP contribution >= 0.6 is 0 Å². The second-order valence-corrected chi connectivity index (χ2v) is 8.97. The van der Waals surface area contributed by atoms with Gasteiger partial charge in [-0.25, -0.2) is 9.59 Å². The zero-order valence-corrected chi connectivity index (χ0v) is 26.3. The molecule has 1 aliphatic heterocycles. The molecule has 0 aliphatic carbocycles. The van der Waals surface area contributed by atoms with Gasteiger partial charge in [-0.1, -0.05) is 32.9 Å². The minimum absolute atomic E-state index is 0. The molecule has 0 aromatic heterocycles. The molecule has 14 heteroatoms. The number of nitrogens with zero attached hydrogens (tertiary/aromatic N) is 1. The van der Waals surface area contributed by atoms with Gasteiger partial charge >= 0.3 is 12.1 Å². The minimum atomic E-state index is -0.747. The number of amides is 6. The SMILES string of the molecule is CC(C)C(N[C-]=O)C(=O)NCC(=O)Nc1ccc(COC(=O)N2CCCC2)cc1.CCCNC(N)=O.CNC.[Fm]. The number of hydrogen-bond donors (Lipinski definition) is 6. The minimum Gasteiger partial charge on any atom is -0.520 e. The summed E-state index contributed by atoms with van der Waals surface area (Å²) in [5.74, 6) is -0.982. The molecule has 40 heavy (non-hydrogen) atoms. The molecule has 1 heterocycles. The topological polar surface area (TPSA) is 184 Å². The summed E-state index contributed by atoms with van der Waals surface area (Å²) >= 11 is 0. The first kappa shape index (κ1) is 37.3. The zero-order valence-electron chi connectivity index (χ0n) is 23.9. The molecule has 1 aliphatic rings. The first-order chi connectivity index (χ1) is 18.6. The van der Waals surface area contributed by atoms with Gasteiger partial charge in [-0.3, -0.25) is 9.59 Å². The van der Waals surface area contributed by atoms with Gasteiger partial charge in [0.2, 0.25) is 11.8 Å². The fraction of sp³-hybridized carbons (Fsp3) is 0.577. The molecule has 1 aromatic rings. The Morgan fingerprint density at radius 3 is 2.08 bits per heavy atom. The van der Waals surface area contributed by atoms with Crippen LogP contribution in [0.1, 0.15) is 45.6 Å². The Balaban J connectivity index is 0. The third kappa shape index (κ3) is 16.8. The van der Waals surface area contributed by atoms with Gasteiger partial charge in [-0.05, 0) is 57.0 Å². The van der Waals surface area contributed by atoms with E-state index in [4.69, 9.17) is 10.5 Å². The molecule has 0 radical (unpaired) electrons. The first-order valence-electron chi connectivity index (χ1n) is 12.9. The summed E-state index contributed by atoms with van der Waals surface area (Å²) in [6.45, 7) is 7.61. The fourth-order valence-corrected chi connectivity index (χ4v) is 3.15. The van der Waals surface area contributed by atoms with E-state index in [0.717, 1.165) is 37.9 Å². The molecule has 1 fully saturated rings. The van der Waals surface area contributed by atoms with E-state index in [1.807, 2.05) is 21.0 Å². The van der Waals surface area contributed by atoms with Crippen LogP contribution in [0, 0.1) is 5.92 Å². The number of primary amides is 1. The predicted molar refractivity (Wildman–Crippen MR) is 149 cm³/mol. The van der Waals surface area contributed by atoms with E-state index < -0.39 is 23.9 Å². The van der Waals surface area contributed by atoms with Crippen molar-refractivity contribution in [1.29, 1.82) is 0 Å². The van der Waals surface area contributed by atoms with Crippen LogP contribution < -0.4 is 32.3 Å². The molecule has 1 saturated heterocycles. The molecule has 232 valence electrons. The molecule has 6 amide bonds. The van der Waals surface area contributed by atoms with E-state index >= 15 is 0 Å². The third-order valence-corrected chi connectivity index (χ3v) is 5.10. The maximum absolute atomic E-state index is 12.0. The molecular formula is C26H44FmN7O6-. The van der Waals surface area contributed by atoms with Crippen molar-refractivity contribution in [2.45, 2.75) is 52.7 Å². The van der Waals surface area contributed by atoms with Gasteiger partial charge in [0.15, 0.2) is 0 Å². The fourth-order valence-electron chi connectivity index (χ4n) is 3.15. The number of rotatable bonds is 11. The van der Waals surface area contributed by atoms with Gasteiger partial charge in [0.1, 0.15) is 6.61 Å². The van der Waals surface area contributed by atoms with Crippen molar-refractivity contribution in [3.05, 3.63) is 29.8 Å². The Kier molecular flexibility index (Phi) is 20.6.